The second-order valence-corrected chi connectivity index (χ2v) is 6.62. The number of nitrogens with two attached hydrogens (primary N) is 1. The van der Waals surface area contributed by atoms with Gasteiger partial charge < -0.3 is 10.5 Å². The highest BCUT2D eigenvalue weighted by Gasteiger charge is 2.18. The first-order chi connectivity index (χ1) is 10.0. The standard InChI is InChI=1S/C18H23NOS/c1-12-5-10-17(13(2)11-12)21-18(14(3)19)15-6-8-16(20-4)9-7-15/h5-11,14,18H,19H2,1-4H3. The first-order valence-corrected chi connectivity index (χ1v) is 8.02. The lowest BCUT2D eigenvalue weighted by molar-refractivity contribution is 0.414. The third-order valence-electron chi connectivity index (χ3n) is 3.51. The van der Waals surface area contributed by atoms with E-state index in [0.29, 0.717) is 0 Å². The van der Waals surface area contributed by atoms with Crippen LogP contribution in [-0.2, 0) is 0 Å². The van der Waals surface area contributed by atoms with E-state index < -0.39 is 0 Å². The Morgan fingerprint density at radius 3 is 2.24 bits per heavy atom. The van der Waals surface area contributed by atoms with Crippen LogP contribution in [0.4, 0.5) is 0 Å². The summed E-state index contributed by atoms with van der Waals surface area (Å²) in [6.45, 7) is 6.33. The van der Waals surface area contributed by atoms with Gasteiger partial charge in [-0.05, 0) is 50.1 Å². The summed E-state index contributed by atoms with van der Waals surface area (Å²) in [6.07, 6.45) is 0. The van der Waals surface area contributed by atoms with E-state index >= 15 is 0 Å². The molecule has 2 rings (SSSR count). The van der Waals surface area contributed by atoms with E-state index in [1.165, 1.54) is 21.6 Å². The van der Waals surface area contributed by atoms with Gasteiger partial charge in [0.2, 0.25) is 0 Å². The molecule has 0 aromatic heterocycles. The topological polar surface area (TPSA) is 35.2 Å². The Morgan fingerprint density at radius 1 is 1.05 bits per heavy atom. The Hall–Kier alpha value is -1.45. The molecule has 2 unspecified atom stereocenters. The summed E-state index contributed by atoms with van der Waals surface area (Å²) < 4.78 is 5.22. The Morgan fingerprint density at radius 2 is 1.71 bits per heavy atom. The maximum absolute atomic E-state index is 6.21. The maximum Gasteiger partial charge on any atom is 0.118 e. The smallest absolute Gasteiger partial charge is 0.118 e. The van der Waals surface area contributed by atoms with Crippen LogP contribution in [0.2, 0.25) is 0 Å². The average Bonchev–Trinajstić information content (AvgIpc) is 2.46. The zero-order valence-corrected chi connectivity index (χ0v) is 13.9. The minimum atomic E-state index is 0.0732. The first-order valence-electron chi connectivity index (χ1n) is 7.14. The zero-order chi connectivity index (χ0) is 15.4. The van der Waals surface area contributed by atoms with Crippen molar-refractivity contribution < 1.29 is 4.74 Å². The highest BCUT2D eigenvalue weighted by atomic mass is 32.2. The maximum atomic E-state index is 6.21. The number of hydrogen-bond donors (Lipinski definition) is 1. The Bertz CT molecular complexity index is 593. The van der Waals surface area contributed by atoms with Crippen molar-refractivity contribution >= 4 is 11.8 Å². The molecule has 21 heavy (non-hydrogen) atoms. The first kappa shape index (κ1) is 15.9. The van der Waals surface area contributed by atoms with E-state index in [-0.39, 0.29) is 11.3 Å². The number of ether oxygens (including phenoxy) is 1. The zero-order valence-electron chi connectivity index (χ0n) is 13.1. The molecule has 0 bridgehead atoms. The van der Waals surface area contributed by atoms with Gasteiger partial charge in [-0.25, -0.2) is 0 Å². The molecule has 0 radical (unpaired) electrons. The molecule has 0 aliphatic rings. The third-order valence-corrected chi connectivity index (χ3v) is 5.17. The fraction of sp³-hybridized carbons (Fsp3) is 0.333. The van der Waals surface area contributed by atoms with Gasteiger partial charge in [-0.3, -0.25) is 0 Å². The largest absolute Gasteiger partial charge is 0.497 e. The monoisotopic (exact) mass is 301 g/mol. The van der Waals surface area contributed by atoms with Crippen LogP contribution in [-0.4, -0.2) is 13.2 Å². The summed E-state index contributed by atoms with van der Waals surface area (Å²) in [5.74, 6) is 0.874. The highest BCUT2D eigenvalue weighted by molar-refractivity contribution is 7.99. The van der Waals surface area contributed by atoms with Crippen molar-refractivity contribution in [2.75, 3.05) is 7.11 Å². The SMILES string of the molecule is COc1ccc(C(Sc2ccc(C)cc2C)C(C)N)cc1. The summed E-state index contributed by atoms with van der Waals surface area (Å²) in [5, 5.41) is 0.234. The van der Waals surface area contributed by atoms with Crippen LogP contribution >= 0.6 is 11.8 Å². The van der Waals surface area contributed by atoms with Crippen molar-refractivity contribution in [2.24, 2.45) is 5.73 Å². The molecule has 3 heteroatoms. The summed E-state index contributed by atoms with van der Waals surface area (Å²) in [6, 6.07) is 14.8. The number of methoxy groups -OCH3 is 1. The van der Waals surface area contributed by atoms with E-state index in [4.69, 9.17) is 10.5 Å². The number of aryl methyl sites for hydroxylation is 2. The molecule has 2 aromatic rings. The van der Waals surface area contributed by atoms with Crippen molar-refractivity contribution in [1.82, 2.24) is 0 Å². The Labute approximate surface area is 131 Å². The lowest BCUT2D eigenvalue weighted by Crippen LogP contribution is -2.22. The molecule has 0 fully saturated rings. The Kier molecular flexibility index (Phi) is 5.32. The van der Waals surface area contributed by atoms with Crippen molar-refractivity contribution in [3.63, 3.8) is 0 Å². The van der Waals surface area contributed by atoms with Crippen molar-refractivity contribution in [3.8, 4) is 5.75 Å². The number of benzene rings is 2. The molecule has 0 heterocycles. The molecular weight excluding hydrogens is 278 g/mol. The normalized spacial score (nSPS) is 13.8. The van der Waals surface area contributed by atoms with Gasteiger partial charge in [-0.1, -0.05) is 29.8 Å². The van der Waals surface area contributed by atoms with Crippen molar-refractivity contribution in [2.45, 2.75) is 37.0 Å². The predicted molar refractivity (Wildman–Crippen MR) is 91.2 cm³/mol. The molecule has 0 saturated carbocycles. The highest BCUT2D eigenvalue weighted by Crippen LogP contribution is 2.39. The fourth-order valence-corrected chi connectivity index (χ4v) is 3.51. The molecule has 2 aromatic carbocycles. The molecule has 2 atom stereocenters. The quantitative estimate of drug-likeness (QED) is 0.826. The van der Waals surface area contributed by atoms with Crippen LogP contribution in [0, 0.1) is 13.8 Å². The molecule has 2 nitrogen and oxygen atoms in total. The number of rotatable bonds is 5. The minimum absolute atomic E-state index is 0.0732. The lowest BCUT2D eigenvalue weighted by atomic mass is 10.1. The van der Waals surface area contributed by atoms with Gasteiger partial charge >= 0.3 is 0 Å². The average molecular weight is 301 g/mol. The second kappa shape index (κ2) is 7.01. The minimum Gasteiger partial charge on any atom is -0.497 e. The van der Waals surface area contributed by atoms with Gasteiger partial charge in [-0.2, -0.15) is 0 Å². The van der Waals surface area contributed by atoms with Crippen LogP contribution in [0.1, 0.15) is 28.9 Å². The van der Waals surface area contributed by atoms with E-state index in [1.807, 2.05) is 23.9 Å². The second-order valence-electron chi connectivity index (χ2n) is 5.44. The van der Waals surface area contributed by atoms with E-state index in [1.54, 1.807) is 7.11 Å². The Balaban J connectivity index is 2.26. The predicted octanol–water partition coefficient (Wildman–Crippen LogP) is 4.49. The molecule has 112 valence electrons. The molecule has 0 saturated heterocycles. The van der Waals surface area contributed by atoms with Crippen LogP contribution in [0.15, 0.2) is 47.4 Å². The molecule has 2 N–H and O–H groups in total. The number of hydrogen-bond acceptors (Lipinski definition) is 3. The van der Waals surface area contributed by atoms with Gasteiger partial charge in [0.25, 0.3) is 0 Å². The molecule has 0 amide bonds. The van der Waals surface area contributed by atoms with Crippen LogP contribution < -0.4 is 10.5 Å². The fourth-order valence-electron chi connectivity index (χ4n) is 2.34. The third kappa shape index (κ3) is 4.02. The molecule has 0 aliphatic heterocycles. The lowest BCUT2D eigenvalue weighted by Gasteiger charge is -2.22. The van der Waals surface area contributed by atoms with Crippen molar-refractivity contribution in [3.05, 3.63) is 59.2 Å². The summed E-state index contributed by atoms with van der Waals surface area (Å²) in [7, 11) is 1.68. The van der Waals surface area contributed by atoms with Crippen LogP contribution in [0.25, 0.3) is 0 Å². The van der Waals surface area contributed by atoms with Gasteiger partial charge in [0.1, 0.15) is 5.75 Å². The van der Waals surface area contributed by atoms with E-state index in [2.05, 4.69) is 51.1 Å². The molecule has 0 spiro atoms. The van der Waals surface area contributed by atoms with Gasteiger partial charge in [-0.15, -0.1) is 11.8 Å². The van der Waals surface area contributed by atoms with Crippen molar-refractivity contribution in [1.29, 1.82) is 0 Å². The van der Waals surface area contributed by atoms with Gasteiger partial charge in [0.15, 0.2) is 0 Å². The van der Waals surface area contributed by atoms with Crippen LogP contribution in [0.5, 0.6) is 5.75 Å². The summed E-state index contributed by atoms with van der Waals surface area (Å²) in [5.41, 5.74) is 10.0. The van der Waals surface area contributed by atoms with Gasteiger partial charge in [0.05, 0.1) is 7.11 Å². The summed E-state index contributed by atoms with van der Waals surface area (Å²) in [4.78, 5) is 1.29. The van der Waals surface area contributed by atoms with E-state index in [9.17, 15) is 0 Å². The molecular formula is C18H23NOS. The van der Waals surface area contributed by atoms with Crippen LogP contribution in [0.3, 0.4) is 0 Å². The number of thioether (sulfide) groups is 1. The van der Waals surface area contributed by atoms with E-state index in [0.717, 1.165) is 5.75 Å². The molecule has 0 aliphatic carbocycles. The summed E-state index contributed by atoms with van der Waals surface area (Å²) >= 11 is 1.83. The van der Waals surface area contributed by atoms with Gasteiger partial charge in [0, 0.05) is 16.2 Å².